The average molecular weight is 221 g/mol. The third kappa shape index (κ3) is 2.27. The van der Waals surface area contributed by atoms with Crippen LogP contribution in [0.1, 0.15) is 5.56 Å². The van der Waals surface area contributed by atoms with Gasteiger partial charge in [-0.2, -0.15) is 5.10 Å². The van der Waals surface area contributed by atoms with Crippen LogP contribution in [-0.2, 0) is 12.8 Å². The molecule has 78 valence electrons. The SMILES string of the molecule is Cn1ncnc1SCc1cccnc1N. The highest BCUT2D eigenvalue weighted by molar-refractivity contribution is 7.98. The van der Waals surface area contributed by atoms with E-state index < -0.39 is 0 Å². The van der Waals surface area contributed by atoms with Crippen molar-refractivity contribution in [3.8, 4) is 0 Å². The largest absolute Gasteiger partial charge is 0.383 e. The molecule has 2 rings (SSSR count). The van der Waals surface area contributed by atoms with Gasteiger partial charge in [0.05, 0.1) is 0 Å². The summed E-state index contributed by atoms with van der Waals surface area (Å²) >= 11 is 1.59. The zero-order valence-electron chi connectivity index (χ0n) is 8.29. The van der Waals surface area contributed by atoms with Crippen LogP contribution in [0, 0.1) is 0 Å². The first-order chi connectivity index (χ1) is 7.27. The lowest BCUT2D eigenvalue weighted by Crippen LogP contribution is -1.97. The third-order valence-electron chi connectivity index (χ3n) is 1.95. The molecule has 0 saturated carbocycles. The minimum Gasteiger partial charge on any atom is -0.383 e. The van der Waals surface area contributed by atoms with Crippen LogP contribution in [0.4, 0.5) is 5.82 Å². The van der Waals surface area contributed by atoms with Gasteiger partial charge in [-0.1, -0.05) is 17.8 Å². The molecule has 0 aliphatic rings. The second-order valence-electron chi connectivity index (χ2n) is 3.00. The van der Waals surface area contributed by atoms with Crippen LogP contribution in [0.5, 0.6) is 0 Å². The van der Waals surface area contributed by atoms with E-state index >= 15 is 0 Å². The summed E-state index contributed by atoms with van der Waals surface area (Å²) in [5, 5.41) is 4.86. The van der Waals surface area contributed by atoms with Crippen molar-refractivity contribution in [2.45, 2.75) is 10.9 Å². The molecular weight excluding hydrogens is 210 g/mol. The number of nitrogen functional groups attached to an aromatic ring is 1. The maximum atomic E-state index is 5.73. The van der Waals surface area contributed by atoms with Crippen LogP contribution in [0.25, 0.3) is 0 Å². The van der Waals surface area contributed by atoms with Crippen LogP contribution in [-0.4, -0.2) is 19.7 Å². The van der Waals surface area contributed by atoms with E-state index in [4.69, 9.17) is 5.73 Å². The summed E-state index contributed by atoms with van der Waals surface area (Å²) in [7, 11) is 1.86. The molecule has 0 aliphatic carbocycles. The van der Waals surface area contributed by atoms with Gasteiger partial charge in [-0.15, -0.1) is 0 Å². The van der Waals surface area contributed by atoms with Crippen LogP contribution < -0.4 is 5.73 Å². The second-order valence-corrected chi connectivity index (χ2v) is 3.95. The number of anilines is 1. The lowest BCUT2D eigenvalue weighted by Gasteiger charge is -2.03. The highest BCUT2D eigenvalue weighted by Gasteiger charge is 2.04. The number of aromatic nitrogens is 4. The van der Waals surface area contributed by atoms with Crippen molar-refractivity contribution < 1.29 is 0 Å². The van der Waals surface area contributed by atoms with Gasteiger partial charge in [0.2, 0.25) is 0 Å². The van der Waals surface area contributed by atoms with E-state index in [1.165, 1.54) is 6.33 Å². The molecule has 0 spiro atoms. The summed E-state index contributed by atoms with van der Waals surface area (Å²) < 4.78 is 1.73. The van der Waals surface area contributed by atoms with Gasteiger partial charge in [-0.3, -0.25) is 0 Å². The molecule has 0 bridgehead atoms. The van der Waals surface area contributed by atoms with E-state index in [0.717, 1.165) is 16.5 Å². The molecule has 15 heavy (non-hydrogen) atoms. The van der Waals surface area contributed by atoms with E-state index in [0.29, 0.717) is 5.82 Å². The van der Waals surface area contributed by atoms with Crippen molar-refractivity contribution in [1.29, 1.82) is 0 Å². The Morgan fingerprint density at radius 1 is 1.47 bits per heavy atom. The van der Waals surface area contributed by atoms with Crippen LogP contribution in [0.15, 0.2) is 29.8 Å². The maximum Gasteiger partial charge on any atom is 0.186 e. The van der Waals surface area contributed by atoms with Gasteiger partial charge in [0.15, 0.2) is 5.16 Å². The summed E-state index contributed by atoms with van der Waals surface area (Å²) in [4.78, 5) is 8.14. The predicted molar refractivity (Wildman–Crippen MR) is 59.2 cm³/mol. The van der Waals surface area contributed by atoms with E-state index in [9.17, 15) is 0 Å². The summed E-state index contributed by atoms with van der Waals surface area (Å²) in [6.07, 6.45) is 3.22. The molecule has 6 heteroatoms. The van der Waals surface area contributed by atoms with Gasteiger partial charge < -0.3 is 5.73 Å². The molecule has 0 saturated heterocycles. The Hall–Kier alpha value is -1.56. The Kier molecular flexibility index (Phi) is 2.86. The fourth-order valence-electron chi connectivity index (χ4n) is 1.13. The molecule has 0 fully saturated rings. The molecule has 0 aromatic carbocycles. The minimum atomic E-state index is 0.576. The number of aryl methyl sites for hydroxylation is 1. The monoisotopic (exact) mass is 221 g/mol. The first-order valence-corrected chi connectivity index (χ1v) is 5.42. The highest BCUT2D eigenvalue weighted by Crippen LogP contribution is 2.21. The second kappa shape index (κ2) is 4.31. The first kappa shape index (κ1) is 9.97. The van der Waals surface area contributed by atoms with Crippen molar-refractivity contribution in [2.24, 2.45) is 7.05 Å². The standard InChI is InChI=1S/C9H11N5S/c1-14-9(12-6-13-14)15-5-7-3-2-4-11-8(7)10/h2-4,6H,5H2,1H3,(H2,10,11). The van der Waals surface area contributed by atoms with Crippen molar-refractivity contribution in [1.82, 2.24) is 19.7 Å². The molecule has 2 heterocycles. The molecule has 0 aliphatic heterocycles. The van der Waals surface area contributed by atoms with E-state index in [2.05, 4.69) is 15.1 Å². The Bertz CT molecular complexity index is 453. The predicted octanol–water partition coefficient (Wildman–Crippen LogP) is 1.08. The van der Waals surface area contributed by atoms with Crippen LogP contribution in [0.2, 0.25) is 0 Å². The smallest absolute Gasteiger partial charge is 0.186 e. The van der Waals surface area contributed by atoms with Gasteiger partial charge in [0.25, 0.3) is 0 Å². The zero-order chi connectivity index (χ0) is 10.7. The summed E-state index contributed by atoms with van der Waals surface area (Å²) in [6.45, 7) is 0. The zero-order valence-corrected chi connectivity index (χ0v) is 9.11. The number of pyridine rings is 1. The average Bonchev–Trinajstić information content (AvgIpc) is 2.63. The Labute approximate surface area is 91.7 Å². The molecule has 0 amide bonds. The molecule has 0 unspecified atom stereocenters. The maximum absolute atomic E-state index is 5.73. The lowest BCUT2D eigenvalue weighted by atomic mass is 10.3. The molecule has 5 nitrogen and oxygen atoms in total. The summed E-state index contributed by atoms with van der Waals surface area (Å²) in [5.41, 5.74) is 6.75. The molecule has 2 aromatic heterocycles. The van der Waals surface area contributed by atoms with Crippen molar-refractivity contribution >= 4 is 17.6 Å². The van der Waals surface area contributed by atoms with Crippen molar-refractivity contribution in [3.63, 3.8) is 0 Å². The first-order valence-electron chi connectivity index (χ1n) is 4.43. The summed E-state index contributed by atoms with van der Waals surface area (Å²) in [6, 6.07) is 3.84. The van der Waals surface area contributed by atoms with Gasteiger partial charge >= 0.3 is 0 Å². The molecule has 2 aromatic rings. The lowest BCUT2D eigenvalue weighted by molar-refractivity contribution is 0.685. The quantitative estimate of drug-likeness (QED) is 0.785. The molecule has 0 radical (unpaired) electrons. The van der Waals surface area contributed by atoms with E-state index in [1.54, 1.807) is 22.6 Å². The van der Waals surface area contributed by atoms with Gasteiger partial charge in [-0.05, 0) is 6.07 Å². The fourth-order valence-corrected chi connectivity index (χ4v) is 2.02. The highest BCUT2D eigenvalue weighted by atomic mass is 32.2. The number of nitrogens with zero attached hydrogens (tertiary/aromatic N) is 4. The van der Waals surface area contributed by atoms with Crippen LogP contribution >= 0.6 is 11.8 Å². The van der Waals surface area contributed by atoms with E-state index in [-0.39, 0.29) is 0 Å². The summed E-state index contributed by atoms with van der Waals surface area (Å²) in [5.74, 6) is 1.33. The Morgan fingerprint density at radius 2 is 2.33 bits per heavy atom. The topological polar surface area (TPSA) is 69.6 Å². The van der Waals surface area contributed by atoms with E-state index in [1.807, 2.05) is 19.2 Å². The third-order valence-corrected chi connectivity index (χ3v) is 3.04. The fraction of sp³-hybridized carbons (Fsp3) is 0.222. The van der Waals surface area contributed by atoms with Crippen molar-refractivity contribution in [3.05, 3.63) is 30.2 Å². The Morgan fingerprint density at radius 3 is 3.00 bits per heavy atom. The normalized spacial score (nSPS) is 10.5. The van der Waals surface area contributed by atoms with Crippen molar-refractivity contribution in [2.75, 3.05) is 5.73 Å². The molecule has 0 atom stereocenters. The number of rotatable bonds is 3. The Balaban J connectivity index is 2.06. The van der Waals surface area contributed by atoms with Crippen LogP contribution in [0.3, 0.4) is 0 Å². The molecular formula is C9H11N5S. The number of hydrogen-bond acceptors (Lipinski definition) is 5. The van der Waals surface area contributed by atoms with Gasteiger partial charge in [-0.25, -0.2) is 14.6 Å². The minimum absolute atomic E-state index is 0.576. The van der Waals surface area contributed by atoms with Gasteiger partial charge in [0, 0.05) is 24.6 Å². The number of nitrogens with two attached hydrogens (primary N) is 1. The number of thioether (sulfide) groups is 1. The van der Waals surface area contributed by atoms with Gasteiger partial charge in [0.1, 0.15) is 12.1 Å². The number of hydrogen-bond donors (Lipinski definition) is 1. The molecule has 2 N–H and O–H groups in total.